The van der Waals surface area contributed by atoms with Crippen LogP contribution in [0.2, 0.25) is 5.02 Å². The number of nitrogens with zero attached hydrogens (tertiary/aromatic N) is 2. The van der Waals surface area contributed by atoms with Crippen LogP contribution in [0, 0.1) is 10.1 Å². The van der Waals surface area contributed by atoms with Crippen molar-refractivity contribution in [3.63, 3.8) is 0 Å². The Kier molecular flexibility index (Phi) is 5.52. The smallest absolute Gasteiger partial charge is 0.290 e. The molecule has 0 aliphatic carbocycles. The fourth-order valence-electron chi connectivity index (χ4n) is 3.12. The van der Waals surface area contributed by atoms with Gasteiger partial charge in [-0.15, -0.1) is 12.4 Å². The topological polar surface area (TPSA) is 92.5 Å². The summed E-state index contributed by atoms with van der Waals surface area (Å²) in [6.07, 6.45) is 2.70. The van der Waals surface area contributed by atoms with Crippen molar-refractivity contribution in [2.24, 2.45) is 0 Å². The Labute approximate surface area is 145 Å². The average molecular weight is 382 g/mol. The monoisotopic (exact) mass is 381 g/mol. The van der Waals surface area contributed by atoms with Gasteiger partial charge in [-0.25, -0.2) is 8.42 Å². The third-order valence-corrected chi connectivity index (χ3v) is 6.37. The van der Waals surface area contributed by atoms with Gasteiger partial charge in [0.1, 0.15) is 0 Å². The van der Waals surface area contributed by atoms with Gasteiger partial charge in [0.25, 0.3) is 5.69 Å². The number of nitro benzene ring substituents is 1. The molecule has 0 aromatic heterocycles. The van der Waals surface area contributed by atoms with Gasteiger partial charge in [-0.05, 0) is 31.4 Å². The van der Waals surface area contributed by atoms with Crippen LogP contribution in [0.15, 0.2) is 23.1 Å². The number of nitrogens with one attached hydrogen (secondary N) is 1. The lowest BCUT2D eigenvalue weighted by molar-refractivity contribution is -0.387. The molecule has 0 saturated carbocycles. The summed E-state index contributed by atoms with van der Waals surface area (Å²) in [5.41, 5.74) is -0.477. The SMILES string of the molecule is Cl.O=[N+]([O-])c1cc(Cl)ccc1S(=O)(=O)N1CCC2CCC(C1)N2. The molecule has 0 radical (unpaired) electrons. The van der Waals surface area contributed by atoms with Crippen molar-refractivity contribution in [3.05, 3.63) is 33.3 Å². The number of nitro groups is 1. The van der Waals surface area contributed by atoms with E-state index >= 15 is 0 Å². The second kappa shape index (κ2) is 6.90. The summed E-state index contributed by atoms with van der Waals surface area (Å²) in [6.45, 7) is 0.717. The Morgan fingerprint density at radius 3 is 2.65 bits per heavy atom. The number of benzene rings is 1. The van der Waals surface area contributed by atoms with Crippen LogP contribution in [0.1, 0.15) is 19.3 Å². The van der Waals surface area contributed by atoms with E-state index in [0.29, 0.717) is 19.1 Å². The van der Waals surface area contributed by atoms with Gasteiger partial charge >= 0.3 is 0 Å². The van der Waals surface area contributed by atoms with Crippen molar-refractivity contribution in [1.82, 2.24) is 9.62 Å². The zero-order valence-electron chi connectivity index (χ0n) is 12.1. The van der Waals surface area contributed by atoms with Gasteiger partial charge in [0, 0.05) is 36.3 Å². The normalized spacial score (nSPS) is 24.7. The van der Waals surface area contributed by atoms with Crippen molar-refractivity contribution >= 4 is 39.7 Å². The van der Waals surface area contributed by atoms with E-state index in [1.54, 1.807) is 0 Å². The number of fused-ring (bicyclic) bond motifs is 2. The molecule has 128 valence electrons. The maximum Gasteiger partial charge on any atom is 0.290 e. The summed E-state index contributed by atoms with van der Waals surface area (Å²) in [7, 11) is -3.91. The van der Waals surface area contributed by atoms with Gasteiger partial charge < -0.3 is 5.32 Å². The van der Waals surface area contributed by atoms with Gasteiger partial charge in [-0.1, -0.05) is 11.6 Å². The lowest BCUT2D eigenvalue weighted by atomic mass is 10.1. The molecule has 2 saturated heterocycles. The molecule has 10 heteroatoms. The predicted molar refractivity (Wildman–Crippen MR) is 88.7 cm³/mol. The van der Waals surface area contributed by atoms with Crippen LogP contribution in [0.4, 0.5) is 5.69 Å². The molecule has 0 spiro atoms. The third kappa shape index (κ3) is 3.61. The largest absolute Gasteiger partial charge is 0.310 e. The molecule has 2 unspecified atom stereocenters. The lowest BCUT2D eigenvalue weighted by Gasteiger charge is -2.23. The molecule has 2 bridgehead atoms. The lowest BCUT2D eigenvalue weighted by Crippen LogP contribution is -2.39. The van der Waals surface area contributed by atoms with Crippen molar-refractivity contribution in [1.29, 1.82) is 0 Å². The van der Waals surface area contributed by atoms with E-state index in [1.165, 1.54) is 16.4 Å². The van der Waals surface area contributed by atoms with Crippen LogP contribution in [-0.2, 0) is 10.0 Å². The minimum absolute atomic E-state index is 0. The zero-order chi connectivity index (χ0) is 15.9. The van der Waals surface area contributed by atoms with Gasteiger partial charge in [-0.3, -0.25) is 10.1 Å². The summed E-state index contributed by atoms with van der Waals surface area (Å²) >= 11 is 5.75. The highest BCUT2D eigenvalue weighted by Gasteiger charge is 2.37. The van der Waals surface area contributed by atoms with E-state index in [0.717, 1.165) is 25.3 Å². The number of rotatable bonds is 3. The third-order valence-electron chi connectivity index (χ3n) is 4.22. The molecule has 7 nitrogen and oxygen atoms in total. The average Bonchev–Trinajstić information content (AvgIpc) is 2.77. The molecule has 2 heterocycles. The Morgan fingerprint density at radius 2 is 1.96 bits per heavy atom. The Hall–Kier alpha value is -0.930. The Balaban J connectivity index is 0.00000192. The minimum Gasteiger partial charge on any atom is -0.310 e. The molecule has 1 aromatic carbocycles. The van der Waals surface area contributed by atoms with Crippen molar-refractivity contribution < 1.29 is 13.3 Å². The van der Waals surface area contributed by atoms with Crippen LogP contribution in [0.5, 0.6) is 0 Å². The highest BCUT2D eigenvalue weighted by Crippen LogP contribution is 2.31. The molecule has 3 rings (SSSR count). The van der Waals surface area contributed by atoms with Gasteiger partial charge in [0.05, 0.1) is 4.92 Å². The van der Waals surface area contributed by atoms with Gasteiger partial charge in [-0.2, -0.15) is 4.31 Å². The van der Waals surface area contributed by atoms with E-state index in [1.807, 2.05) is 0 Å². The molecular weight excluding hydrogens is 365 g/mol. The first-order valence-corrected chi connectivity index (χ1v) is 8.90. The Morgan fingerprint density at radius 1 is 1.26 bits per heavy atom. The summed E-state index contributed by atoms with van der Waals surface area (Å²) in [6, 6.07) is 4.12. The standard InChI is InChI=1S/C13H16ClN3O4S.ClH/c14-9-1-4-13(12(7-9)17(18)19)22(20,21)16-6-5-10-2-3-11(8-16)15-10;/h1,4,7,10-11,15H,2-3,5-6,8H2;1H. The highest BCUT2D eigenvalue weighted by atomic mass is 35.5. The summed E-state index contributed by atoms with van der Waals surface area (Å²) in [4.78, 5) is 10.2. The van der Waals surface area contributed by atoms with Crippen LogP contribution in [-0.4, -0.2) is 42.8 Å². The molecule has 23 heavy (non-hydrogen) atoms. The van der Waals surface area contributed by atoms with Crippen molar-refractivity contribution in [3.8, 4) is 0 Å². The molecule has 1 aromatic rings. The number of sulfonamides is 1. The predicted octanol–water partition coefficient (Wildman–Crippen LogP) is 2.18. The first-order valence-electron chi connectivity index (χ1n) is 7.08. The van der Waals surface area contributed by atoms with Crippen molar-refractivity contribution in [2.75, 3.05) is 13.1 Å². The van der Waals surface area contributed by atoms with Crippen LogP contribution in [0.25, 0.3) is 0 Å². The van der Waals surface area contributed by atoms with Gasteiger partial charge in [0.15, 0.2) is 4.90 Å². The second-order valence-corrected chi connectivity index (χ2v) is 8.00. The summed E-state index contributed by atoms with van der Waals surface area (Å²) < 4.78 is 27.0. The zero-order valence-corrected chi connectivity index (χ0v) is 14.5. The minimum atomic E-state index is -3.91. The summed E-state index contributed by atoms with van der Waals surface area (Å²) in [5, 5.41) is 14.7. The number of halogens is 2. The van der Waals surface area contributed by atoms with Crippen LogP contribution < -0.4 is 5.32 Å². The second-order valence-electron chi connectivity index (χ2n) is 5.66. The fraction of sp³-hybridized carbons (Fsp3) is 0.538. The van der Waals surface area contributed by atoms with Crippen LogP contribution >= 0.6 is 24.0 Å². The van der Waals surface area contributed by atoms with E-state index in [2.05, 4.69) is 5.32 Å². The molecule has 0 amide bonds. The maximum absolute atomic E-state index is 12.8. The highest BCUT2D eigenvalue weighted by molar-refractivity contribution is 7.89. The molecule has 2 aliphatic heterocycles. The van der Waals surface area contributed by atoms with E-state index in [9.17, 15) is 18.5 Å². The number of hydrogen-bond donors (Lipinski definition) is 1. The molecule has 2 fully saturated rings. The maximum atomic E-state index is 12.8. The van der Waals surface area contributed by atoms with E-state index < -0.39 is 20.6 Å². The molecular formula is C13H17Cl2N3O4S. The summed E-state index contributed by atoms with van der Waals surface area (Å²) in [5.74, 6) is 0. The van der Waals surface area contributed by atoms with Crippen LogP contribution in [0.3, 0.4) is 0 Å². The van der Waals surface area contributed by atoms with Crippen molar-refractivity contribution in [2.45, 2.75) is 36.2 Å². The quantitative estimate of drug-likeness (QED) is 0.639. The Bertz CT molecular complexity index is 713. The van der Waals surface area contributed by atoms with E-state index in [-0.39, 0.29) is 28.4 Å². The number of hydrogen-bond acceptors (Lipinski definition) is 5. The molecule has 2 aliphatic rings. The molecule has 2 atom stereocenters. The molecule has 1 N–H and O–H groups in total. The van der Waals surface area contributed by atoms with E-state index in [4.69, 9.17) is 11.6 Å². The first kappa shape index (κ1) is 18.4. The first-order chi connectivity index (χ1) is 10.4. The fourth-order valence-corrected chi connectivity index (χ4v) is 4.92. The van der Waals surface area contributed by atoms with Gasteiger partial charge in [0.2, 0.25) is 10.0 Å².